The predicted octanol–water partition coefficient (Wildman–Crippen LogP) is 2.43. The molecule has 1 aliphatic heterocycles. The standard InChI is InChI=1S/C12H16BrNO2/c1-8-5-11(15-2)10(13)6-9(8)12-7-14-3-4-16-12/h5-6,12,14H,3-4,7H2,1-2H3. The molecule has 1 atom stereocenters. The van der Waals surface area contributed by atoms with Crippen LogP contribution in [0.2, 0.25) is 0 Å². The number of benzene rings is 1. The molecule has 88 valence electrons. The maximum Gasteiger partial charge on any atom is 0.133 e. The summed E-state index contributed by atoms with van der Waals surface area (Å²) in [7, 11) is 1.68. The Morgan fingerprint density at radius 2 is 2.31 bits per heavy atom. The quantitative estimate of drug-likeness (QED) is 0.905. The van der Waals surface area contributed by atoms with Gasteiger partial charge in [0.25, 0.3) is 0 Å². The van der Waals surface area contributed by atoms with E-state index in [4.69, 9.17) is 9.47 Å². The van der Waals surface area contributed by atoms with Crippen LogP contribution in [0.15, 0.2) is 16.6 Å². The second kappa shape index (κ2) is 5.17. The van der Waals surface area contributed by atoms with Crippen molar-refractivity contribution in [3.8, 4) is 5.75 Å². The molecule has 0 aliphatic carbocycles. The molecule has 0 radical (unpaired) electrons. The van der Waals surface area contributed by atoms with Gasteiger partial charge in [-0.15, -0.1) is 0 Å². The van der Waals surface area contributed by atoms with Crippen LogP contribution in [0, 0.1) is 6.92 Å². The summed E-state index contributed by atoms with van der Waals surface area (Å²) in [5, 5.41) is 3.34. The van der Waals surface area contributed by atoms with E-state index in [1.54, 1.807) is 7.11 Å². The maximum absolute atomic E-state index is 5.75. The smallest absolute Gasteiger partial charge is 0.133 e. The number of ether oxygens (including phenoxy) is 2. The molecule has 4 heteroatoms. The van der Waals surface area contributed by atoms with Crippen molar-refractivity contribution < 1.29 is 9.47 Å². The number of halogens is 1. The number of methoxy groups -OCH3 is 1. The highest BCUT2D eigenvalue weighted by atomic mass is 79.9. The molecule has 1 saturated heterocycles. The van der Waals surface area contributed by atoms with Crippen LogP contribution in [-0.2, 0) is 4.74 Å². The lowest BCUT2D eigenvalue weighted by atomic mass is 10.0. The molecule has 3 nitrogen and oxygen atoms in total. The Kier molecular flexibility index (Phi) is 3.84. The van der Waals surface area contributed by atoms with Crippen LogP contribution in [0.1, 0.15) is 17.2 Å². The normalized spacial score (nSPS) is 20.8. The first-order valence-corrected chi connectivity index (χ1v) is 6.18. The van der Waals surface area contributed by atoms with Crippen molar-refractivity contribution in [1.82, 2.24) is 5.32 Å². The zero-order valence-electron chi connectivity index (χ0n) is 9.55. The van der Waals surface area contributed by atoms with Crippen molar-refractivity contribution in [1.29, 1.82) is 0 Å². The van der Waals surface area contributed by atoms with Gasteiger partial charge in [-0.2, -0.15) is 0 Å². The Morgan fingerprint density at radius 3 is 2.94 bits per heavy atom. The van der Waals surface area contributed by atoms with Gasteiger partial charge in [-0.3, -0.25) is 0 Å². The van der Waals surface area contributed by atoms with Gasteiger partial charge in [0.15, 0.2) is 0 Å². The predicted molar refractivity (Wildman–Crippen MR) is 67.0 cm³/mol. The van der Waals surface area contributed by atoms with Crippen LogP contribution < -0.4 is 10.1 Å². The molecule has 2 rings (SSSR count). The van der Waals surface area contributed by atoms with E-state index in [1.165, 1.54) is 11.1 Å². The van der Waals surface area contributed by atoms with Crippen molar-refractivity contribution in [2.75, 3.05) is 26.8 Å². The lowest BCUT2D eigenvalue weighted by Gasteiger charge is -2.25. The number of aryl methyl sites for hydroxylation is 1. The van der Waals surface area contributed by atoms with E-state index in [1.807, 2.05) is 6.07 Å². The van der Waals surface area contributed by atoms with E-state index in [9.17, 15) is 0 Å². The number of morpholine rings is 1. The zero-order chi connectivity index (χ0) is 11.5. The molecule has 0 spiro atoms. The van der Waals surface area contributed by atoms with Crippen molar-refractivity contribution in [2.24, 2.45) is 0 Å². The summed E-state index contributed by atoms with van der Waals surface area (Å²) in [5.41, 5.74) is 2.42. The first-order valence-electron chi connectivity index (χ1n) is 5.38. The Bertz CT molecular complexity index is 376. The average Bonchev–Trinajstić information content (AvgIpc) is 2.32. The molecule has 1 aromatic rings. The zero-order valence-corrected chi connectivity index (χ0v) is 11.1. The highest BCUT2D eigenvalue weighted by molar-refractivity contribution is 9.10. The molecule has 16 heavy (non-hydrogen) atoms. The number of rotatable bonds is 2. The van der Waals surface area contributed by atoms with E-state index in [-0.39, 0.29) is 6.10 Å². The third kappa shape index (κ3) is 2.39. The van der Waals surface area contributed by atoms with Crippen LogP contribution in [0.4, 0.5) is 0 Å². The fraction of sp³-hybridized carbons (Fsp3) is 0.500. The first-order chi connectivity index (χ1) is 7.72. The van der Waals surface area contributed by atoms with Crippen molar-refractivity contribution in [3.63, 3.8) is 0 Å². The molecule has 1 unspecified atom stereocenters. The van der Waals surface area contributed by atoms with E-state index in [0.717, 1.165) is 29.9 Å². The fourth-order valence-corrected chi connectivity index (χ4v) is 2.46. The third-order valence-corrected chi connectivity index (χ3v) is 3.43. The van der Waals surface area contributed by atoms with E-state index >= 15 is 0 Å². The van der Waals surface area contributed by atoms with Crippen molar-refractivity contribution in [2.45, 2.75) is 13.0 Å². The fourth-order valence-electron chi connectivity index (χ4n) is 1.94. The van der Waals surface area contributed by atoms with Crippen LogP contribution in [-0.4, -0.2) is 26.8 Å². The molecule has 1 aliphatic rings. The van der Waals surface area contributed by atoms with Gasteiger partial charge >= 0.3 is 0 Å². The Morgan fingerprint density at radius 1 is 1.50 bits per heavy atom. The number of nitrogens with one attached hydrogen (secondary N) is 1. The second-order valence-corrected chi connectivity index (χ2v) is 4.76. The van der Waals surface area contributed by atoms with Gasteiger partial charge in [-0.05, 0) is 46.1 Å². The molecular formula is C12H16BrNO2. The lowest BCUT2D eigenvalue weighted by Crippen LogP contribution is -2.33. The second-order valence-electron chi connectivity index (χ2n) is 3.91. The maximum atomic E-state index is 5.75. The number of hydrogen-bond donors (Lipinski definition) is 1. The van der Waals surface area contributed by atoms with Crippen molar-refractivity contribution in [3.05, 3.63) is 27.7 Å². The molecule has 0 saturated carbocycles. The Balaban J connectivity index is 2.29. The summed E-state index contributed by atoms with van der Waals surface area (Å²) in [6.07, 6.45) is 0.149. The highest BCUT2D eigenvalue weighted by Gasteiger charge is 2.19. The van der Waals surface area contributed by atoms with Crippen molar-refractivity contribution >= 4 is 15.9 Å². The minimum Gasteiger partial charge on any atom is -0.496 e. The summed E-state index contributed by atoms with van der Waals surface area (Å²) in [6.45, 7) is 4.67. The lowest BCUT2D eigenvalue weighted by molar-refractivity contribution is 0.0272. The topological polar surface area (TPSA) is 30.5 Å². The monoisotopic (exact) mass is 285 g/mol. The minimum atomic E-state index is 0.149. The largest absolute Gasteiger partial charge is 0.496 e. The van der Waals surface area contributed by atoms with E-state index < -0.39 is 0 Å². The van der Waals surface area contributed by atoms with Gasteiger partial charge in [0.2, 0.25) is 0 Å². The highest BCUT2D eigenvalue weighted by Crippen LogP contribution is 2.32. The van der Waals surface area contributed by atoms with Gasteiger partial charge < -0.3 is 14.8 Å². The average molecular weight is 286 g/mol. The van der Waals surface area contributed by atoms with Gasteiger partial charge in [-0.1, -0.05) is 0 Å². The summed E-state index contributed by atoms with van der Waals surface area (Å²) in [4.78, 5) is 0. The Labute approximate surface area is 104 Å². The molecule has 1 fully saturated rings. The van der Waals surface area contributed by atoms with Crippen LogP contribution >= 0.6 is 15.9 Å². The summed E-state index contributed by atoms with van der Waals surface area (Å²) >= 11 is 3.51. The first kappa shape index (κ1) is 11.9. The molecule has 1 aromatic carbocycles. The van der Waals surface area contributed by atoms with Crippen LogP contribution in [0.5, 0.6) is 5.75 Å². The SMILES string of the molecule is COc1cc(C)c(C2CNCCO2)cc1Br. The molecule has 1 heterocycles. The van der Waals surface area contributed by atoms with Gasteiger partial charge in [0.05, 0.1) is 24.3 Å². The molecule has 1 N–H and O–H groups in total. The van der Waals surface area contributed by atoms with E-state index in [0.29, 0.717) is 0 Å². The molecule has 0 bridgehead atoms. The molecule has 0 aromatic heterocycles. The minimum absolute atomic E-state index is 0.149. The Hall–Kier alpha value is -0.580. The van der Waals surface area contributed by atoms with Gasteiger partial charge in [-0.25, -0.2) is 0 Å². The van der Waals surface area contributed by atoms with E-state index in [2.05, 4.69) is 34.2 Å². The molecular weight excluding hydrogens is 270 g/mol. The summed E-state index contributed by atoms with van der Waals surface area (Å²) in [6, 6.07) is 4.13. The van der Waals surface area contributed by atoms with Crippen LogP contribution in [0.25, 0.3) is 0 Å². The number of hydrogen-bond acceptors (Lipinski definition) is 3. The van der Waals surface area contributed by atoms with Gasteiger partial charge in [0.1, 0.15) is 5.75 Å². The summed E-state index contributed by atoms with van der Waals surface area (Å²) in [5.74, 6) is 0.866. The summed E-state index contributed by atoms with van der Waals surface area (Å²) < 4.78 is 12.0. The van der Waals surface area contributed by atoms with Crippen LogP contribution in [0.3, 0.4) is 0 Å². The van der Waals surface area contributed by atoms with Gasteiger partial charge in [0, 0.05) is 13.1 Å². The third-order valence-electron chi connectivity index (χ3n) is 2.81. The molecule has 0 amide bonds.